The van der Waals surface area contributed by atoms with Crippen LogP contribution in [0.1, 0.15) is 24.1 Å². The van der Waals surface area contributed by atoms with Crippen molar-refractivity contribution < 1.29 is 9.47 Å². The lowest BCUT2D eigenvalue weighted by Gasteiger charge is -2.23. The lowest BCUT2D eigenvalue weighted by atomic mass is 9.98. The van der Waals surface area contributed by atoms with Crippen LogP contribution in [0.15, 0.2) is 48.7 Å². The van der Waals surface area contributed by atoms with Crippen LogP contribution in [0.4, 0.5) is 5.95 Å². The first kappa shape index (κ1) is 16.5. The second-order valence-corrected chi connectivity index (χ2v) is 6.51. The third-order valence-electron chi connectivity index (χ3n) is 4.99. The highest BCUT2D eigenvalue weighted by molar-refractivity contribution is 5.71. The number of aromatic nitrogens is 2. The molecule has 0 spiro atoms. The van der Waals surface area contributed by atoms with Crippen molar-refractivity contribution in [2.24, 2.45) is 0 Å². The summed E-state index contributed by atoms with van der Waals surface area (Å²) >= 11 is 0. The number of hydrogen-bond donors (Lipinski definition) is 1. The molecule has 3 aromatic rings. The van der Waals surface area contributed by atoms with Crippen LogP contribution in [-0.2, 0) is 13.0 Å². The van der Waals surface area contributed by atoms with Crippen molar-refractivity contribution in [3.63, 3.8) is 0 Å². The summed E-state index contributed by atoms with van der Waals surface area (Å²) in [7, 11) is 3.34. The molecule has 2 aromatic carbocycles. The summed E-state index contributed by atoms with van der Waals surface area (Å²) in [5.74, 6) is 2.42. The molecule has 1 aromatic heterocycles. The lowest BCUT2D eigenvalue weighted by Crippen LogP contribution is -2.16. The molecule has 1 aliphatic heterocycles. The molecular weight excluding hydrogens is 326 g/mol. The second-order valence-electron chi connectivity index (χ2n) is 6.51. The van der Waals surface area contributed by atoms with Gasteiger partial charge in [0.15, 0.2) is 11.5 Å². The Kier molecular flexibility index (Phi) is 4.29. The Labute approximate surface area is 153 Å². The molecule has 0 fully saturated rings. The van der Waals surface area contributed by atoms with Gasteiger partial charge in [0.25, 0.3) is 0 Å². The van der Waals surface area contributed by atoms with E-state index in [0.717, 1.165) is 41.7 Å². The number of nitrogens with zero attached hydrogens (tertiary/aromatic N) is 2. The van der Waals surface area contributed by atoms with E-state index in [4.69, 9.17) is 9.47 Å². The zero-order valence-electron chi connectivity index (χ0n) is 15.3. The fourth-order valence-corrected chi connectivity index (χ4v) is 3.55. The molecule has 4 rings (SSSR count). The van der Waals surface area contributed by atoms with Gasteiger partial charge >= 0.3 is 0 Å². The standard InChI is InChI=1S/C21H23N3O2/c1-14(15-7-5-4-6-8-15)23-21-22-13-18-17-12-20(26-3)19(25-2)11-16(17)9-10-24(18)21/h4-8,11-14H,9-10H2,1-3H3,(H,22,23). The van der Waals surface area contributed by atoms with Gasteiger partial charge in [0.1, 0.15) is 0 Å². The van der Waals surface area contributed by atoms with Crippen molar-refractivity contribution in [2.75, 3.05) is 19.5 Å². The number of methoxy groups -OCH3 is 2. The van der Waals surface area contributed by atoms with Crippen LogP contribution in [0.2, 0.25) is 0 Å². The minimum absolute atomic E-state index is 0.189. The summed E-state index contributed by atoms with van der Waals surface area (Å²) in [5, 5.41) is 3.54. The van der Waals surface area contributed by atoms with Crippen molar-refractivity contribution in [1.29, 1.82) is 0 Å². The highest BCUT2D eigenvalue weighted by Crippen LogP contribution is 2.39. The van der Waals surface area contributed by atoms with Gasteiger partial charge in [-0.25, -0.2) is 4.98 Å². The number of rotatable bonds is 5. The molecule has 1 N–H and O–H groups in total. The molecule has 0 radical (unpaired) electrons. The first-order valence-corrected chi connectivity index (χ1v) is 8.83. The zero-order chi connectivity index (χ0) is 18.1. The van der Waals surface area contributed by atoms with E-state index >= 15 is 0 Å². The average Bonchev–Trinajstić information content (AvgIpc) is 3.10. The van der Waals surface area contributed by atoms with Gasteiger partial charge in [-0.1, -0.05) is 30.3 Å². The van der Waals surface area contributed by atoms with E-state index in [1.807, 2.05) is 18.3 Å². The second kappa shape index (κ2) is 6.75. The zero-order valence-corrected chi connectivity index (χ0v) is 15.3. The van der Waals surface area contributed by atoms with Crippen molar-refractivity contribution in [1.82, 2.24) is 9.55 Å². The number of imidazole rings is 1. The van der Waals surface area contributed by atoms with Gasteiger partial charge in [-0.3, -0.25) is 0 Å². The van der Waals surface area contributed by atoms with Crippen LogP contribution >= 0.6 is 0 Å². The summed E-state index contributed by atoms with van der Waals surface area (Å²) in [5.41, 5.74) is 4.77. The summed E-state index contributed by atoms with van der Waals surface area (Å²) in [6, 6.07) is 14.7. The molecule has 0 aliphatic carbocycles. The predicted octanol–water partition coefficient (Wildman–Crippen LogP) is 4.30. The van der Waals surface area contributed by atoms with E-state index in [9.17, 15) is 0 Å². The van der Waals surface area contributed by atoms with Crippen molar-refractivity contribution in [3.05, 3.63) is 59.8 Å². The maximum absolute atomic E-state index is 5.48. The van der Waals surface area contributed by atoms with E-state index in [1.165, 1.54) is 11.1 Å². The first-order valence-electron chi connectivity index (χ1n) is 8.83. The molecule has 134 valence electrons. The average molecular weight is 349 g/mol. The highest BCUT2D eigenvalue weighted by atomic mass is 16.5. The number of benzene rings is 2. The third kappa shape index (κ3) is 2.79. The topological polar surface area (TPSA) is 48.3 Å². The molecule has 1 unspecified atom stereocenters. The summed E-state index contributed by atoms with van der Waals surface area (Å²) in [6.07, 6.45) is 2.87. The number of aryl methyl sites for hydroxylation is 1. The molecule has 1 aliphatic rings. The minimum Gasteiger partial charge on any atom is -0.493 e. The van der Waals surface area contributed by atoms with Crippen molar-refractivity contribution in [2.45, 2.75) is 25.9 Å². The van der Waals surface area contributed by atoms with Crippen LogP contribution in [0.25, 0.3) is 11.3 Å². The first-order chi connectivity index (χ1) is 12.7. The molecule has 0 bridgehead atoms. The monoisotopic (exact) mass is 349 g/mol. The Morgan fingerprint density at radius 3 is 2.54 bits per heavy atom. The highest BCUT2D eigenvalue weighted by Gasteiger charge is 2.23. The molecule has 2 heterocycles. The van der Waals surface area contributed by atoms with E-state index in [1.54, 1.807) is 14.2 Å². The number of fused-ring (bicyclic) bond motifs is 3. The summed E-state index contributed by atoms with van der Waals surface area (Å²) < 4.78 is 13.2. The Bertz CT molecular complexity index is 919. The quantitative estimate of drug-likeness (QED) is 0.746. The van der Waals surface area contributed by atoms with Gasteiger partial charge < -0.3 is 19.4 Å². The Morgan fingerprint density at radius 1 is 1.08 bits per heavy atom. The van der Waals surface area contributed by atoms with Crippen LogP contribution in [0.5, 0.6) is 11.5 Å². The minimum atomic E-state index is 0.189. The number of ether oxygens (including phenoxy) is 2. The van der Waals surface area contributed by atoms with Gasteiger partial charge in [-0.05, 0) is 36.6 Å². The van der Waals surface area contributed by atoms with Crippen LogP contribution < -0.4 is 14.8 Å². The van der Waals surface area contributed by atoms with Gasteiger partial charge in [0.05, 0.1) is 32.2 Å². The lowest BCUT2D eigenvalue weighted by molar-refractivity contribution is 0.354. The van der Waals surface area contributed by atoms with Gasteiger partial charge in [-0.15, -0.1) is 0 Å². The van der Waals surface area contributed by atoms with Gasteiger partial charge in [0.2, 0.25) is 5.95 Å². The van der Waals surface area contributed by atoms with Crippen molar-refractivity contribution >= 4 is 5.95 Å². The van der Waals surface area contributed by atoms with Gasteiger partial charge in [0, 0.05) is 12.1 Å². The van der Waals surface area contributed by atoms with Crippen molar-refractivity contribution in [3.8, 4) is 22.8 Å². The molecule has 26 heavy (non-hydrogen) atoms. The molecule has 5 nitrogen and oxygen atoms in total. The molecule has 5 heteroatoms. The normalized spacial score (nSPS) is 13.5. The Balaban J connectivity index is 1.67. The maximum Gasteiger partial charge on any atom is 0.203 e. The van der Waals surface area contributed by atoms with Gasteiger partial charge in [-0.2, -0.15) is 0 Å². The SMILES string of the molecule is COc1cc2c(cc1OC)-c1cnc(NC(C)c3ccccc3)n1CC2. The number of hydrogen-bond acceptors (Lipinski definition) is 4. The molecule has 0 saturated heterocycles. The summed E-state index contributed by atoms with van der Waals surface area (Å²) in [4.78, 5) is 4.64. The number of nitrogens with one attached hydrogen (secondary N) is 1. The molecule has 0 saturated carbocycles. The van der Waals surface area contributed by atoms with Crippen LogP contribution in [-0.4, -0.2) is 23.8 Å². The van der Waals surface area contributed by atoms with E-state index < -0.39 is 0 Å². The third-order valence-corrected chi connectivity index (χ3v) is 4.99. The number of anilines is 1. The van der Waals surface area contributed by atoms with E-state index in [0.29, 0.717) is 0 Å². The molecular formula is C21H23N3O2. The largest absolute Gasteiger partial charge is 0.493 e. The van der Waals surface area contributed by atoms with E-state index in [-0.39, 0.29) is 6.04 Å². The van der Waals surface area contributed by atoms with Crippen LogP contribution in [0, 0.1) is 0 Å². The summed E-state index contributed by atoms with van der Waals surface area (Å²) in [6.45, 7) is 3.04. The maximum atomic E-state index is 5.48. The molecule has 0 amide bonds. The smallest absolute Gasteiger partial charge is 0.203 e. The molecule has 1 atom stereocenters. The van der Waals surface area contributed by atoms with E-state index in [2.05, 4.69) is 52.1 Å². The Morgan fingerprint density at radius 2 is 1.81 bits per heavy atom. The fourth-order valence-electron chi connectivity index (χ4n) is 3.55. The predicted molar refractivity (Wildman–Crippen MR) is 103 cm³/mol. The van der Waals surface area contributed by atoms with Crippen LogP contribution in [0.3, 0.4) is 0 Å². The fraction of sp³-hybridized carbons (Fsp3) is 0.286. The Hall–Kier alpha value is -2.95.